The van der Waals surface area contributed by atoms with Crippen LogP contribution in [0.3, 0.4) is 0 Å². The monoisotopic (exact) mass is 350 g/mol. The summed E-state index contributed by atoms with van der Waals surface area (Å²) in [6.07, 6.45) is 4.96. The van der Waals surface area contributed by atoms with Crippen molar-refractivity contribution in [1.29, 1.82) is 0 Å². The number of benzene rings is 1. The fourth-order valence-corrected chi connectivity index (χ4v) is 3.66. The highest BCUT2D eigenvalue weighted by molar-refractivity contribution is 9.10. The van der Waals surface area contributed by atoms with Crippen LogP contribution in [-0.4, -0.2) is 36.5 Å². The Morgan fingerprint density at radius 1 is 1.33 bits per heavy atom. The van der Waals surface area contributed by atoms with Gasteiger partial charge in [0.15, 0.2) is 0 Å². The number of carbonyl (C=O) groups excluding carboxylic acids is 1. The van der Waals surface area contributed by atoms with E-state index in [1.165, 1.54) is 31.2 Å². The molecule has 1 saturated carbocycles. The molecule has 1 unspecified atom stereocenters. The first-order valence-corrected chi connectivity index (χ1v) is 8.71. The third-order valence-corrected chi connectivity index (χ3v) is 5.08. The quantitative estimate of drug-likeness (QED) is 0.882. The normalized spacial score (nSPS) is 21.5. The molecule has 1 saturated heterocycles. The lowest BCUT2D eigenvalue weighted by Crippen LogP contribution is -2.42. The van der Waals surface area contributed by atoms with Crippen LogP contribution in [0.1, 0.15) is 41.6 Å². The summed E-state index contributed by atoms with van der Waals surface area (Å²) < 4.78 is 0.910. The molecule has 0 radical (unpaired) electrons. The van der Waals surface area contributed by atoms with Crippen molar-refractivity contribution in [2.45, 2.75) is 38.6 Å². The number of hydrogen-bond donors (Lipinski definition) is 1. The largest absolute Gasteiger partial charge is 0.337 e. The Kier molecular flexibility index (Phi) is 4.65. The first-order chi connectivity index (χ1) is 10.1. The maximum atomic E-state index is 12.9. The van der Waals surface area contributed by atoms with Crippen molar-refractivity contribution < 1.29 is 4.79 Å². The molecule has 114 valence electrons. The van der Waals surface area contributed by atoms with E-state index in [4.69, 9.17) is 0 Å². The SMILES string of the molecule is Cc1ccc(C(=O)N(CC2CC2)CC2CCCN2)c(Br)c1. The molecular weight excluding hydrogens is 328 g/mol. The van der Waals surface area contributed by atoms with Gasteiger partial charge in [-0.1, -0.05) is 6.07 Å². The lowest BCUT2D eigenvalue weighted by Gasteiger charge is -2.26. The van der Waals surface area contributed by atoms with Gasteiger partial charge in [-0.15, -0.1) is 0 Å². The van der Waals surface area contributed by atoms with E-state index in [1.54, 1.807) is 0 Å². The lowest BCUT2D eigenvalue weighted by atomic mass is 10.1. The summed E-state index contributed by atoms with van der Waals surface area (Å²) in [5.41, 5.74) is 1.96. The van der Waals surface area contributed by atoms with Gasteiger partial charge in [0.2, 0.25) is 0 Å². The van der Waals surface area contributed by atoms with Gasteiger partial charge in [-0.05, 0) is 78.7 Å². The van der Waals surface area contributed by atoms with Crippen LogP contribution in [0.5, 0.6) is 0 Å². The molecule has 2 fully saturated rings. The summed E-state index contributed by atoms with van der Waals surface area (Å²) in [7, 11) is 0. The standard InChI is InChI=1S/C17H23BrN2O/c1-12-4-7-15(16(18)9-12)17(21)20(10-13-5-6-13)11-14-3-2-8-19-14/h4,7,9,13-14,19H,2-3,5-6,8,10-11H2,1H3. The van der Waals surface area contributed by atoms with Crippen LogP contribution in [0.25, 0.3) is 0 Å². The van der Waals surface area contributed by atoms with E-state index in [-0.39, 0.29) is 5.91 Å². The number of nitrogens with one attached hydrogen (secondary N) is 1. The fourth-order valence-electron chi connectivity index (χ4n) is 2.99. The van der Waals surface area contributed by atoms with Crippen molar-refractivity contribution in [1.82, 2.24) is 10.2 Å². The molecule has 1 aliphatic carbocycles. The Hall–Kier alpha value is -0.870. The number of halogens is 1. The number of nitrogens with zero attached hydrogens (tertiary/aromatic N) is 1. The first-order valence-electron chi connectivity index (χ1n) is 7.92. The molecule has 1 N–H and O–H groups in total. The predicted octanol–water partition coefficient (Wildman–Crippen LogP) is 3.36. The smallest absolute Gasteiger partial charge is 0.255 e. The molecule has 3 rings (SSSR count). The summed E-state index contributed by atoms with van der Waals surface area (Å²) >= 11 is 3.55. The maximum Gasteiger partial charge on any atom is 0.255 e. The number of aryl methyl sites for hydroxylation is 1. The predicted molar refractivity (Wildman–Crippen MR) is 88.5 cm³/mol. The highest BCUT2D eigenvalue weighted by Crippen LogP contribution is 2.31. The molecule has 1 atom stereocenters. The molecule has 3 nitrogen and oxygen atoms in total. The van der Waals surface area contributed by atoms with Gasteiger partial charge in [-0.25, -0.2) is 0 Å². The third kappa shape index (κ3) is 3.86. The summed E-state index contributed by atoms with van der Waals surface area (Å²) in [6, 6.07) is 6.46. The van der Waals surface area contributed by atoms with Crippen LogP contribution in [-0.2, 0) is 0 Å². The van der Waals surface area contributed by atoms with Gasteiger partial charge in [-0.2, -0.15) is 0 Å². The molecule has 0 aromatic heterocycles. The van der Waals surface area contributed by atoms with E-state index in [0.29, 0.717) is 6.04 Å². The second-order valence-corrected chi connectivity index (χ2v) is 7.28. The molecule has 0 bridgehead atoms. The minimum atomic E-state index is 0.169. The zero-order chi connectivity index (χ0) is 14.8. The molecule has 21 heavy (non-hydrogen) atoms. The topological polar surface area (TPSA) is 32.3 Å². The van der Waals surface area contributed by atoms with E-state index in [0.717, 1.165) is 35.6 Å². The van der Waals surface area contributed by atoms with Gasteiger partial charge in [0.05, 0.1) is 5.56 Å². The van der Waals surface area contributed by atoms with E-state index < -0.39 is 0 Å². The van der Waals surface area contributed by atoms with Crippen LogP contribution in [0, 0.1) is 12.8 Å². The van der Waals surface area contributed by atoms with Crippen LogP contribution in [0.2, 0.25) is 0 Å². The van der Waals surface area contributed by atoms with Crippen LogP contribution in [0.15, 0.2) is 22.7 Å². The molecule has 1 aromatic rings. The molecule has 1 aliphatic heterocycles. The highest BCUT2D eigenvalue weighted by Gasteiger charge is 2.30. The second kappa shape index (κ2) is 6.49. The first kappa shape index (κ1) is 15.0. The van der Waals surface area contributed by atoms with E-state index >= 15 is 0 Å². The Morgan fingerprint density at radius 3 is 2.76 bits per heavy atom. The van der Waals surface area contributed by atoms with Crippen molar-refractivity contribution in [3.8, 4) is 0 Å². The fraction of sp³-hybridized carbons (Fsp3) is 0.588. The van der Waals surface area contributed by atoms with Crippen molar-refractivity contribution in [2.24, 2.45) is 5.92 Å². The van der Waals surface area contributed by atoms with E-state index in [1.807, 2.05) is 25.1 Å². The Labute approximate surface area is 135 Å². The average Bonchev–Trinajstić information content (AvgIpc) is 3.11. The van der Waals surface area contributed by atoms with Crippen molar-refractivity contribution in [3.05, 3.63) is 33.8 Å². The molecule has 0 spiro atoms. The minimum Gasteiger partial charge on any atom is -0.337 e. The Balaban J connectivity index is 1.75. The van der Waals surface area contributed by atoms with Crippen molar-refractivity contribution in [2.75, 3.05) is 19.6 Å². The number of carbonyl (C=O) groups is 1. The zero-order valence-electron chi connectivity index (χ0n) is 12.6. The molecular formula is C17H23BrN2O. The highest BCUT2D eigenvalue weighted by atomic mass is 79.9. The van der Waals surface area contributed by atoms with Crippen LogP contribution >= 0.6 is 15.9 Å². The summed E-state index contributed by atoms with van der Waals surface area (Å²) in [5.74, 6) is 0.891. The molecule has 2 aliphatic rings. The number of rotatable bonds is 5. The van der Waals surface area contributed by atoms with Crippen LogP contribution < -0.4 is 5.32 Å². The van der Waals surface area contributed by atoms with Gasteiger partial charge in [0, 0.05) is 23.6 Å². The molecule has 1 aromatic carbocycles. The summed E-state index contributed by atoms with van der Waals surface area (Å²) in [4.78, 5) is 15.0. The van der Waals surface area contributed by atoms with Crippen molar-refractivity contribution in [3.63, 3.8) is 0 Å². The summed E-state index contributed by atoms with van der Waals surface area (Å²) in [6.45, 7) is 4.89. The van der Waals surface area contributed by atoms with Gasteiger partial charge in [-0.3, -0.25) is 4.79 Å². The zero-order valence-corrected chi connectivity index (χ0v) is 14.2. The van der Waals surface area contributed by atoms with Crippen LogP contribution in [0.4, 0.5) is 0 Å². The van der Waals surface area contributed by atoms with E-state index in [9.17, 15) is 4.79 Å². The minimum absolute atomic E-state index is 0.169. The van der Waals surface area contributed by atoms with Gasteiger partial charge in [0.1, 0.15) is 0 Å². The molecule has 1 amide bonds. The van der Waals surface area contributed by atoms with Gasteiger partial charge < -0.3 is 10.2 Å². The molecule has 4 heteroatoms. The average molecular weight is 351 g/mol. The van der Waals surface area contributed by atoms with E-state index in [2.05, 4.69) is 26.1 Å². The Bertz CT molecular complexity index is 522. The Morgan fingerprint density at radius 2 is 2.14 bits per heavy atom. The molecule has 1 heterocycles. The summed E-state index contributed by atoms with van der Waals surface area (Å²) in [5, 5.41) is 3.51. The third-order valence-electron chi connectivity index (χ3n) is 4.42. The second-order valence-electron chi connectivity index (χ2n) is 6.43. The van der Waals surface area contributed by atoms with Crippen molar-refractivity contribution >= 4 is 21.8 Å². The number of amides is 1. The van der Waals surface area contributed by atoms with Gasteiger partial charge >= 0.3 is 0 Å². The lowest BCUT2D eigenvalue weighted by molar-refractivity contribution is 0.0732. The maximum absolute atomic E-state index is 12.9. The number of hydrogen-bond acceptors (Lipinski definition) is 2. The van der Waals surface area contributed by atoms with Gasteiger partial charge in [0.25, 0.3) is 5.91 Å².